The molecule has 1 aliphatic heterocycles. The van der Waals surface area contributed by atoms with E-state index >= 15 is 0 Å². The van der Waals surface area contributed by atoms with Crippen LogP contribution in [0.15, 0.2) is 43.0 Å². The molecule has 1 heterocycles. The number of hydrogen-bond donors (Lipinski definition) is 1. The van der Waals surface area contributed by atoms with E-state index in [0.29, 0.717) is 6.54 Å². The Labute approximate surface area is 157 Å². The van der Waals surface area contributed by atoms with Gasteiger partial charge in [0.15, 0.2) is 0 Å². The molecule has 2 rings (SSSR count). The van der Waals surface area contributed by atoms with Crippen LogP contribution in [0.2, 0.25) is 0 Å². The van der Waals surface area contributed by atoms with Gasteiger partial charge >= 0.3 is 6.09 Å². The van der Waals surface area contributed by atoms with Crippen molar-refractivity contribution in [2.24, 2.45) is 0 Å². The van der Waals surface area contributed by atoms with E-state index in [1.807, 2.05) is 65.8 Å². The summed E-state index contributed by atoms with van der Waals surface area (Å²) in [5, 5.41) is 3.50. The standard InChI is InChI=1S/C21H32N2O3/c1-8-17(22-14-16-12-10-9-11-13-16)18-15(2)25-21(6,7)23(18)19(24)26-20(3,4)5/h8-13,15,17-18,22H,1,14H2,2-7H3/t15-,17-,18-/m1/s1. The Hall–Kier alpha value is -1.85. The van der Waals surface area contributed by atoms with Crippen molar-refractivity contribution in [2.45, 2.75) is 77.6 Å². The van der Waals surface area contributed by atoms with Gasteiger partial charge < -0.3 is 14.8 Å². The summed E-state index contributed by atoms with van der Waals surface area (Å²) in [6.07, 6.45) is 1.32. The minimum absolute atomic E-state index is 0.125. The Morgan fingerprint density at radius 3 is 2.54 bits per heavy atom. The first-order valence-corrected chi connectivity index (χ1v) is 9.15. The normalized spacial score (nSPS) is 23.5. The summed E-state index contributed by atoms with van der Waals surface area (Å²) in [6.45, 7) is 16.0. The number of carbonyl (C=O) groups is 1. The third-order valence-electron chi connectivity index (χ3n) is 4.43. The fourth-order valence-corrected chi connectivity index (χ4v) is 3.43. The number of benzene rings is 1. The highest BCUT2D eigenvalue weighted by Gasteiger charge is 2.51. The van der Waals surface area contributed by atoms with E-state index < -0.39 is 11.3 Å². The number of hydrogen-bond acceptors (Lipinski definition) is 4. The molecule has 1 aromatic carbocycles. The summed E-state index contributed by atoms with van der Waals surface area (Å²) in [4.78, 5) is 14.6. The second kappa shape index (κ2) is 7.80. The minimum atomic E-state index is -0.748. The molecule has 0 aromatic heterocycles. The maximum Gasteiger partial charge on any atom is 0.412 e. The van der Waals surface area contributed by atoms with Crippen LogP contribution in [0.25, 0.3) is 0 Å². The van der Waals surface area contributed by atoms with Crippen LogP contribution in [0, 0.1) is 0 Å². The second-order valence-corrected chi connectivity index (χ2v) is 8.24. The van der Waals surface area contributed by atoms with Crippen LogP contribution in [0.4, 0.5) is 4.79 Å². The predicted octanol–water partition coefficient (Wildman–Crippen LogP) is 4.09. The van der Waals surface area contributed by atoms with Crippen molar-refractivity contribution in [3.63, 3.8) is 0 Å². The van der Waals surface area contributed by atoms with Crippen molar-refractivity contribution in [1.29, 1.82) is 0 Å². The summed E-state index contributed by atoms with van der Waals surface area (Å²) < 4.78 is 11.7. The molecular formula is C21H32N2O3. The molecule has 1 amide bonds. The topological polar surface area (TPSA) is 50.8 Å². The molecule has 0 saturated carbocycles. The lowest BCUT2D eigenvalue weighted by Crippen LogP contribution is -2.56. The highest BCUT2D eigenvalue weighted by Crippen LogP contribution is 2.35. The first kappa shape index (κ1) is 20.5. The fraction of sp³-hybridized carbons (Fsp3) is 0.571. The Bertz CT molecular complexity index is 622. The second-order valence-electron chi connectivity index (χ2n) is 8.24. The van der Waals surface area contributed by atoms with Gasteiger partial charge in [-0.3, -0.25) is 4.90 Å². The third kappa shape index (κ3) is 4.86. The van der Waals surface area contributed by atoms with E-state index in [9.17, 15) is 4.79 Å². The van der Waals surface area contributed by atoms with E-state index in [0.717, 1.165) is 0 Å². The monoisotopic (exact) mass is 360 g/mol. The lowest BCUT2D eigenvalue weighted by Gasteiger charge is -2.37. The fourth-order valence-electron chi connectivity index (χ4n) is 3.43. The highest BCUT2D eigenvalue weighted by atomic mass is 16.6. The number of rotatable bonds is 5. The average Bonchev–Trinajstić information content (AvgIpc) is 2.76. The van der Waals surface area contributed by atoms with Gasteiger partial charge in [0, 0.05) is 12.6 Å². The Morgan fingerprint density at radius 1 is 1.38 bits per heavy atom. The van der Waals surface area contributed by atoms with Crippen LogP contribution in [0.1, 0.15) is 47.1 Å². The summed E-state index contributed by atoms with van der Waals surface area (Å²) in [5.74, 6) is 0. The number of ether oxygens (including phenoxy) is 2. The Balaban J connectivity index is 2.20. The van der Waals surface area contributed by atoms with Gasteiger partial charge in [-0.05, 0) is 47.1 Å². The molecule has 0 unspecified atom stereocenters. The maximum atomic E-state index is 12.9. The molecule has 1 aromatic rings. The number of nitrogens with one attached hydrogen (secondary N) is 1. The summed E-state index contributed by atoms with van der Waals surface area (Å²) >= 11 is 0. The molecule has 1 N–H and O–H groups in total. The van der Waals surface area contributed by atoms with Crippen molar-refractivity contribution in [2.75, 3.05) is 0 Å². The summed E-state index contributed by atoms with van der Waals surface area (Å²) in [5.41, 5.74) is -0.138. The predicted molar refractivity (Wildman–Crippen MR) is 104 cm³/mol. The van der Waals surface area contributed by atoms with Gasteiger partial charge in [-0.25, -0.2) is 4.79 Å². The van der Waals surface area contributed by atoms with Crippen LogP contribution >= 0.6 is 0 Å². The van der Waals surface area contributed by atoms with Gasteiger partial charge in [-0.15, -0.1) is 6.58 Å². The van der Waals surface area contributed by atoms with Crippen LogP contribution < -0.4 is 5.32 Å². The molecule has 0 spiro atoms. The lowest BCUT2D eigenvalue weighted by molar-refractivity contribution is -0.0758. The van der Waals surface area contributed by atoms with Gasteiger partial charge in [-0.2, -0.15) is 0 Å². The third-order valence-corrected chi connectivity index (χ3v) is 4.43. The van der Waals surface area contributed by atoms with Gasteiger partial charge in [-0.1, -0.05) is 36.4 Å². The molecule has 1 aliphatic rings. The van der Waals surface area contributed by atoms with Gasteiger partial charge in [0.05, 0.1) is 12.1 Å². The van der Waals surface area contributed by atoms with E-state index in [4.69, 9.17) is 9.47 Å². The van der Waals surface area contributed by atoms with Crippen molar-refractivity contribution in [3.05, 3.63) is 48.6 Å². The van der Waals surface area contributed by atoms with Crippen LogP contribution in [0.5, 0.6) is 0 Å². The molecule has 1 fully saturated rings. The Kier molecular flexibility index (Phi) is 6.14. The van der Waals surface area contributed by atoms with Crippen molar-refractivity contribution in [1.82, 2.24) is 10.2 Å². The molecule has 5 nitrogen and oxygen atoms in total. The SMILES string of the molecule is C=C[C@@H](NCc1ccccc1)[C@H]1[C@@H](C)OC(C)(C)N1C(=O)OC(C)(C)C. The quantitative estimate of drug-likeness (QED) is 0.804. The van der Waals surface area contributed by atoms with Crippen molar-refractivity contribution < 1.29 is 14.3 Å². The zero-order valence-electron chi connectivity index (χ0n) is 16.8. The first-order chi connectivity index (χ1) is 12.0. The number of amides is 1. The minimum Gasteiger partial charge on any atom is -0.444 e. The molecule has 3 atom stereocenters. The number of nitrogens with zero attached hydrogens (tertiary/aromatic N) is 1. The zero-order valence-corrected chi connectivity index (χ0v) is 16.8. The molecule has 0 bridgehead atoms. The molecule has 1 saturated heterocycles. The molecule has 144 valence electrons. The highest BCUT2D eigenvalue weighted by molar-refractivity contribution is 5.70. The van der Waals surface area contributed by atoms with Crippen LogP contribution in [0.3, 0.4) is 0 Å². The lowest BCUT2D eigenvalue weighted by atomic mass is 10.0. The van der Waals surface area contributed by atoms with Crippen molar-refractivity contribution in [3.8, 4) is 0 Å². The smallest absolute Gasteiger partial charge is 0.412 e. The molecular weight excluding hydrogens is 328 g/mol. The zero-order chi connectivity index (χ0) is 19.5. The largest absolute Gasteiger partial charge is 0.444 e. The van der Waals surface area contributed by atoms with Gasteiger partial charge in [0.1, 0.15) is 11.3 Å². The summed E-state index contributed by atoms with van der Waals surface area (Å²) in [6, 6.07) is 9.82. The van der Waals surface area contributed by atoms with E-state index in [1.165, 1.54) is 5.56 Å². The Morgan fingerprint density at radius 2 is 2.00 bits per heavy atom. The number of carbonyl (C=O) groups excluding carboxylic acids is 1. The van der Waals surface area contributed by atoms with E-state index in [2.05, 4.69) is 24.0 Å². The van der Waals surface area contributed by atoms with E-state index in [-0.39, 0.29) is 24.3 Å². The van der Waals surface area contributed by atoms with Crippen LogP contribution in [-0.4, -0.2) is 40.5 Å². The first-order valence-electron chi connectivity index (χ1n) is 9.15. The maximum absolute atomic E-state index is 12.9. The van der Waals surface area contributed by atoms with Gasteiger partial charge in [0.25, 0.3) is 0 Å². The van der Waals surface area contributed by atoms with Crippen molar-refractivity contribution >= 4 is 6.09 Å². The molecule has 0 aliphatic carbocycles. The molecule has 26 heavy (non-hydrogen) atoms. The van der Waals surface area contributed by atoms with E-state index in [1.54, 1.807) is 4.90 Å². The average molecular weight is 360 g/mol. The summed E-state index contributed by atoms with van der Waals surface area (Å²) in [7, 11) is 0. The van der Waals surface area contributed by atoms with Gasteiger partial charge in [0.2, 0.25) is 0 Å². The van der Waals surface area contributed by atoms with Crippen LogP contribution in [-0.2, 0) is 16.0 Å². The molecule has 5 heteroatoms. The molecule has 0 radical (unpaired) electrons.